The average Bonchev–Trinajstić information content (AvgIpc) is 3.04. The second-order valence-corrected chi connectivity index (χ2v) is 8.39. The Hall–Kier alpha value is -2.81. The Morgan fingerprint density at radius 1 is 1.07 bits per heavy atom. The molecule has 0 bridgehead atoms. The van der Waals surface area contributed by atoms with Crippen molar-refractivity contribution in [3.63, 3.8) is 0 Å². The molecule has 3 aromatic rings. The quantitative estimate of drug-likeness (QED) is 0.741. The van der Waals surface area contributed by atoms with Crippen molar-refractivity contribution in [1.82, 2.24) is 14.6 Å². The molecule has 1 fully saturated rings. The van der Waals surface area contributed by atoms with E-state index in [1.165, 1.54) is 18.6 Å². The predicted molar refractivity (Wildman–Crippen MR) is 97.8 cm³/mol. The highest BCUT2D eigenvalue weighted by atomic mass is 32.2. The van der Waals surface area contributed by atoms with Crippen LogP contribution in [0.2, 0.25) is 0 Å². The number of ether oxygens (including phenoxy) is 2. The molecule has 9 heteroatoms. The van der Waals surface area contributed by atoms with Crippen molar-refractivity contribution in [1.29, 1.82) is 0 Å². The van der Waals surface area contributed by atoms with Crippen LogP contribution in [0.3, 0.4) is 0 Å². The van der Waals surface area contributed by atoms with Crippen LogP contribution in [-0.4, -0.2) is 36.2 Å². The number of nitrogens with zero attached hydrogens (tertiary/aromatic N) is 3. The maximum atomic E-state index is 12.9. The SMILES string of the molecule is O=S(=O)(Nc1cccn2c(C3CCC3)nnc12)c1ccc2c(c1)OCCO2. The highest BCUT2D eigenvalue weighted by Crippen LogP contribution is 2.36. The number of anilines is 1. The average molecular weight is 386 g/mol. The first-order valence-corrected chi connectivity index (χ1v) is 10.4. The third-order valence-electron chi connectivity index (χ3n) is 5.00. The standard InChI is InChI=1S/C18H18N4O4S/c23-27(24,13-6-7-15-16(11-13)26-10-9-25-15)21-14-5-2-8-22-17(12-3-1-4-12)19-20-18(14)22/h2,5-8,11-12,21H,1,3-4,9-10H2. The van der Waals surface area contributed by atoms with Gasteiger partial charge in [0.05, 0.1) is 10.6 Å². The molecule has 1 saturated carbocycles. The zero-order valence-corrected chi connectivity index (χ0v) is 15.3. The van der Waals surface area contributed by atoms with Gasteiger partial charge in [0.15, 0.2) is 17.1 Å². The number of benzene rings is 1. The van der Waals surface area contributed by atoms with Gasteiger partial charge in [0.2, 0.25) is 0 Å². The van der Waals surface area contributed by atoms with Gasteiger partial charge in [0, 0.05) is 18.2 Å². The molecule has 1 aliphatic carbocycles. The minimum atomic E-state index is -3.81. The summed E-state index contributed by atoms with van der Waals surface area (Å²) in [6, 6.07) is 8.06. The first kappa shape index (κ1) is 16.4. The Morgan fingerprint density at radius 2 is 1.89 bits per heavy atom. The summed E-state index contributed by atoms with van der Waals surface area (Å²) in [5.74, 6) is 2.25. The molecule has 1 aliphatic heterocycles. The van der Waals surface area contributed by atoms with E-state index >= 15 is 0 Å². The van der Waals surface area contributed by atoms with Crippen LogP contribution in [0.4, 0.5) is 5.69 Å². The van der Waals surface area contributed by atoms with Crippen molar-refractivity contribution in [2.45, 2.75) is 30.1 Å². The highest BCUT2D eigenvalue weighted by molar-refractivity contribution is 7.92. The van der Waals surface area contributed by atoms with Crippen LogP contribution in [0.5, 0.6) is 11.5 Å². The molecule has 2 aromatic heterocycles. The smallest absolute Gasteiger partial charge is 0.262 e. The fourth-order valence-electron chi connectivity index (χ4n) is 3.35. The normalized spacial score (nSPS) is 16.9. The number of nitrogens with one attached hydrogen (secondary N) is 1. The van der Waals surface area contributed by atoms with E-state index in [-0.39, 0.29) is 4.90 Å². The third kappa shape index (κ3) is 2.78. The molecule has 0 unspecified atom stereocenters. The van der Waals surface area contributed by atoms with Crippen LogP contribution in [0.15, 0.2) is 41.4 Å². The van der Waals surface area contributed by atoms with E-state index in [2.05, 4.69) is 14.9 Å². The second-order valence-electron chi connectivity index (χ2n) is 6.71. The van der Waals surface area contributed by atoms with E-state index in [1.807, 2.05) is 10.6 Å². The Bertz CT molecular complexity index is 1120. The Kier molecular flexibility index (Phi) is 3.71. The molecule has 0 saturated heterocycles. The second kappa shape index (κ2) is 6.12. The predicted octanol–water partition coefficient (Wildman–Crippen LogP) is 2.57. The van der Waals surface area contributed by atoms with Crippen LogP contribution < -0.4 is 14.2 Å². The number of aromatic nitrogens is 3. The van der Waals surface area contributed by atoms with Crippen molar-refractivity contribution < 1.29 is 17.9 Å². The molecule has 0 spiro atoms. The molecule has 5 rings (SSSR count). The van der Waals surface area contributed by atoms with Crippen molar-refractivity contribution in [2.75, 3.05) is 17.9 Å². The number of fused-ring (bicyclic) bond motifs is 2. The summed E-state index contributed by atoms with van der Waals surface area (Å²) in [6.07, 6.45) is 5.24. The van der Waals surface area contributed by atoms with E-state index in [0.29, 0.717) is 42.0 Å². The summed E-state index contributed by atoms with van der Waals surface area (Å²) in [7, 11) is -3.81. The minimum absolute atomic E-state index is 0.104. The van der Waals surface area contributed by atoms with Gasteiger partial charge in [-0.2, -0.15) is 0 Å². The van der Waals surface area contributed by atoms with Gasteiger partial charge >= 0.3 is 0 Å². The Morgan fingerprint density at radius 3 is 2.67 bits per heavy atom. The summed E-state index contributed by atoms with van der Waals surface area (Å²) < 4.78 is 41.2. The van der Waals surface area contributed by atoms with Crippen LogP contribution in [-0.2, 0) is 10.0 Å². The van der Waals surface area contributed by atoms with Gasteiger partial charge in [-0.25, -0.2) is 8.42 Å². The molecule has 0 radical (unpaired) electrons. The molecule has 8 nitrogen and oxygen atoms in total. The summed E-state index contributed by atoms with van der Waals surface area (Å²) in [5.41, 5.74) is 0.894. The van der Waals surface area contributed by atoms with E-state index in [4.69, 9.17) is 9.47 Å². The van der Waals surface area contributed by atoms with Crippen LogP contribution in [0, 0.1) is 0 Å². The molecule has 140 valence electrons. The van der Waals surface area contributed by atoms with Crippen LogP contribution >= 0.6 is 0 Å². The maximum absolute atomic E-state index is 12.9. The van der Waals surface area contributed by atoms with Gasteiger partial charge in [-0.1, -0.05) is 6.42 Å². The maximum Gasteiger partial charge on any atom is 0.262 e. The van der Waals surface area contributed by atoms with E-state index in [0.717, 1.165) is 18.7 Å². The molecule has 1 N–H and O–H groups in total. The molecule has 2 aliphatic rings. The van der Waals surface area contributed by atoms with E-state index < -0.39 is 10.0 Å². The zero-order valence-electron chi connectivity index (χ0n) is 14.5. The first-order chi connectivity index (χ1) is 13.1. The largest absolute Gasteiger partial charge is 0.486 e. The number of hydrogen-bond acceptors (Lipinski definition) is 6. The van der Waals surface area contributed by atoms with Gasteiger partial charge in [-0.15, -0.1) is 10.2 Å². The van der Waals surface area contributed by atoms with Crippen molar-refractivity contribution in [3.05, 3.63) is 42.4 Å². The molecule has 3 heterocycles. The van der Waals surface area contributed by atoms with Crippen molar-refractivity contribution in [3.8, 4) is 11.5 Å². The number of hydrogen-bond donors (Lipinski definition) is 1. The topological polar surface area (TPSA) is 94.8 Å². The van der Waals surface area contributed by atoms with Gasteiger partial charge in [0.25, 0.3) is 10.0 Å². The molecule has 0 atom stereocenters. The fourth-order valence-corrected chi connectivity index (χ4v) is 4.43. The van der Waals surface area contributed by atoms with Gasteiger partial charge in [0.1, 0.15) is 19.0 Å². The molecule has 1 aromatic carbocycles. The van der Waals surface area contributed by atoms with Gasteiger partial charge < -0.3 is 9.47 Å². The zero-order chi connectivity index (χ0) is 18.4. The Labute approximate surface area is 156 Å². The summed E-state index contributed by atoms with van der Waals surface area (Å²) in [4.78, 5) is 0.104. The van der Waals surface area contributed by atoms with E-state index in [1.54, 1.807) is 18.2 Å². The van der Waals surface area contributed by atoms with E-state index in [9.17, 15) is 8.42 Å². The minimum Gasteiger partial charge on any atom is -0.486 e. The monoisotopic (exact) mass is 386 g/mol. The highest BCUT2D eigenvalue weighted by Gasteiger charge is 2.26. The first-order valence-electron chi connectivity index (χ1n) is 8.88. The van der Waals surface area contributed by atoms with Gasteiger partial charge in [-0.05, 0) is 37.1 Å². The number of rotatable bonds is 4. The summed E-state index contributed by atoms with van der Waals surface area (Å²) in [5, 5.41) is 8.49. The molecule has 0 amide bonds. The Balaban J connectivity index is 1.50. The molecular formula is C18H18N4O4S. The van der Waals surface area contributed by atoms with Crippen molar-refractivity contribution >= 4 is 21.4 Å². The summed E-state index contributed by atoms with van der Waals surface area (Å²) in [6.45, 7) is 0.850. The number of sulfonamides is 1. The lowest BCUT2D eigenvalue weighted by Gasteiger charge is -2.23. The van der Waals surface area contributed by atoms with Crippen molar-refractivity contribution in [2.24, 2.45) is 0 Å². The summed E-state index contributed by atoms with van der Waals surface area (Å²) >= 11 is 0. The number of pyridine rings is 1. The molecule has 27 heavy (non-hydrogen) atoms. The van der Waals surface area contributed by atoms with Crippen LogP contribution in [0.25, 0.3) is 5.65 Å². The lowest BCUT2D eigenvalue weighted by molar-refractivity contribution is 0.171. The van der Waals surface area contributed by atoms with Crippen LogP contribution in [0.1, 0.15) is 31.0 Å². The van der Waals surface area contributed by atoms with Gasteiger partial charge in [-0.3, -0.25) is 9.12 Å². The lowest BCUT2D eigenvalue weighted by atomic mass is 9.85. The third-order valence-corrected chi connectivity index (χ3v) is 6.36. The fraction of sp³-hybridized carbons (Fsp3) is 0.333. The lowest BCUT2D eigenvalue weighted by Crippen LogP contribution is -2.17. The molecular weight excluding hydrogens is 368 g/mol.